The van der Waals surface area contributed by atoms with Crippen LogP contribution < -0.4 is 10.2 Å². The molecule has 0 aliphatic carbocycles. The second kappa shape index (κ2) is 7.90. The number of benzene rings is 2. The first-order chi connectivity index (χ1) is 11.6. The van der Waals surface area contributed by atoms with E-state index in [0.29, 0.717) is 19.6 Å². The first-order valence-corrected chi connectivity index (χ1v) is 9.07. The van der Waals surface area contributed by atoms with Gasteiger partial charge >= 0.3 is 6.03 Å². The second-order valence-corrected chi connectivity index (χ2v) is 6.99. The Morgan fingerprint density at radius 1 is 1.08 bits per heavy atom. The van der Waals surface area contributed by atoms with Crippen LogP contribution in [0.3, 0.4) is 0 Å². The van der Waals surface area contributed by atoms with Crippen LogP contribution in [0.25, 0.3) is 0 Å². The number of rotatable bonds is 3. The molecule has 2 amide bonds. The summed E-state index contributed by atoms with van der Waals surface area (Å²) in [6.07, 6.45) is 0. The van der Waals surface area contributed by atoms with E-state index in [9.17, 15) is 4.79 Å². The van der Waals surface area contributed by atoms with E-state index >= 15 is 0 Å². The van der Waals surface area contributed by atoms with Gasteiger partial charge in [-0.1, -0.05) is 51.8 Å². The Bertz CT molecular complexity index is 717. The quantitative estimate of drug-likeness (QED) is 0.829. The summed E-state index contributed by atoms with van der Waals surface area (Å²) >= 11 is 9.55. The summed E-state index contributed by atoms with van der Waals surface area (Å²) in [5, 5.41) is 3.73. The molecule has 0 bridgehead atoms. The molecule has 4 nitrogen and oxygen atoms in total. The first kappa shape index (κ1) is 17.1. The van der Waals surface area contributed by atoms with Crippen molar-refractivity contribution in [2.75, 3.05) is 31.1 Å². The Labute approximate surface area is 155 Å². The Hall–Kier alpha value is -1.72. The van der Waals surface area contributed by atoms with Crippen LogP contribution in [-0.2, 0) is 6.54 Å². The number of hydrogen-bond acceptors (Lipinski definition) is 2. The highest BCUT2D eigenvalue weighted by Crippen LogP contribution is 2.21. The maximum Gasteiger partial charge on any atom is 0.317 e. The number of carbonyl (C=O) groups is 1. The van der Waals surface area contributed by atoms with Crippen LogP contribution in [0.15, 0.2) is 53.0 Å². The third kappa shape index (κ3) is 4.22. The van der Waals surface area contributed by atoms with Gasteiger partial charge in [0.05, 0.1) is 0 Å². The van der Waals surface area contributed by atoms with Crippen molar-refractivity contribution in [2.24, 2.45) is 0 Å². The third-order valence-electron chi connectivity index (χ3n) is 4.13. The molecule has 2 aromatic carbocycles. The van der Waals surface area contributed by atoms with Crippen LogP contribution in [0.1, 0.15) is 5.56 Å². The molecule has 3 rings (SSSR count). The minimum absolute atomic E-state index is 0.0171. The van der Waals surface area contributed by atoms with Crippen molar-refractivity contribution in [1.29, 1.82) is 0 Å². The van der Waals surface area contributed by atoms with E-state index in [-0.39, 0.29) is 6.03 Å². The molecule has 0 atom stereocenters. The SMILES string of the molecule is O=C(NCc1ccccc1Br)N1CCN(c2cccc(Cl)c2)CC1. The van der Waals surface area contributed by atoms with E-state index in [2.05, 4.69) is 32.2 Å². The van der Waals surface area contributed by atoms with E-state index in [1.165, 1.54) is 0 Å². The molecule has 1 N–H and O–H groups in total. The van der Waals surface area contributed by atoms with Crippen LogP contribution in [0.2, 0.25) is 5.02 Å². The Balaban J connectivity index is 1.51. The normalized spacial score (nSPS) is 14.6. The molecular formula is C18H19BrClN3O. The summed E-state index contributed by atoms with van der Waals surface area (Å²) in [5.41, 5.74) is 2.18. The largest absolute Gasteiger partial charge is 0.368 e. The third-order valence-corrected chi connectivity index (χ3v) is 5.14. The van der Waals surface area contributed by atoms with Crippen LogP contribution >= 0.6 is 27.5 Å². The van der Waals surface area contributed by atoms with Crippen LogP contribution in [0, 0.1) is 0 Å². The number of piperazine rings is 1. The molecule has 0 aromatic heterocycles. The summed E-state index contributed by atoms with van der Waals surface area (Å²) in [6, 6.07) is 15.7. The van der Waals surface area contributed by atoms with Gasteiger partial charge in [0, 0.05) is 47.9 Å². The van der Waals surface area contributed by atoms with Gasteiger partial charge in [-0.05, 0) is 29.8 Å². The Morgan fingerprint density at radius 3 is 2.54 bits per heavy atom. The second-order valence-electron chi connectivity index (χ2n) is 5.70. The number of urea groups is 1. The van der Waals surface area contributed by atoms with Gasteiger partial charge in [0.2, 0.25) is 0 Å². The van der Waals surface area contributed by atoms with Crippen LogP contribution in [0.5, 0.6) is 0 Å². The number of carbonyl (C=O) groups excluding carboxylic acids is 1. The zero-order valence-electron chi connectivity index (χ0n) is 13.2. The highest BCUT2D eigenvalue weighted by molar-refractivity contribution is 9.10. The van der Waals surface area contributed by atoms with E-state index < -0.39 is 0 Å². The molecule has 0 saturated carbocycles. The maximum atomic E-state index is 12.3. The molecule has 24 heavy (non-hydrogen) atoms. The van der Waals surface area contributed by atoms with Gasteiger partial charge in [-0.15, -0.1) is 0 Å². The van der Waals surface area contributed by atoms with Gasteiger partial charge < -0.3 is 15.1 Å². The van der Waals surface area contributed by atoms with Crippen molar-refractivity contribution in [1.82, 2.24) is 10.2 Å². The molecule has 126 valence electrons. The van der Waals surface area contributed by atoms with Gasteiger partial charge in [-0.3, -0.25) is 0 Å². The summed E-state index contributed by atoms with van der Waals surface area (Å²) in [6.45, 7) is 3.54. The lowest BCUT2D eigenvalue weighted by atomic mass is 10.2. The fraction of sp³-hybridized carbons (Fsp3) is 0.278. The van der Waals surface area contributed by atoms with E-state index in [1.807, 2.05) is 47.4 Å². The Morgan fingerprint density at radius 2 is 1.83 bits per heavy atom. The predicted octanol–water partition coefficient (Wildman–Crippen LogP) is 4.13. The molecule has 1 heterocycles. The molecule has 0 radical (unpaired) electrons. The van der Waals surface area contributed by atoms with Crippen molar-refractivity contribution in [2.45, 2.75) is 6.54 Å². The molecule has 6 heteroatoms. The van der Waals surface area contributed by atoms with Gasteiger partial charge in [0.25, 0.3) is 0 Å². The van der Waals surface area contributed by atoms with Gasteiger partial charge in [-0.2, -0.15) is 0 Å². The minimum atomic E-state index is -0.0171. The van der Waals surface area contributed by atoms with Crippen LogP contribution in [-0.4, -0.2) is 37.1 Å². The van der Waals surface area contributed by atoms with Crippen molar-refractivity contribution in [3.05, 3.63) is 63.6 Å². The lowest BCUT2D eigenvalue weighted by Gasteiger charge is -2.36. The van der Waals surface area contributed by atoms with Gasteiger partial charge in [0.15, 0.2) is 0 Å². The lowest BCUT2D eigenvalue weighted by molar-refractivity contribution is 0.194. The maximum absolute atomic E-state index is 12.3. The van der Waals surface area contributed by atoms with Crippen molar-refractivity contribution >= 4 is 39.2 Å². The van der Waals surface area contributed by atoms with E-state index in [4.69, 9.17) is 11.6 Å². The van der Waals surface area contributed by atoms with Gasteiger partial charge in [-0.25, -0.2) is 4.79 Å². The molecule has 1 saturated heterocycles. The van der Waals surface area contributed by atoms with E-state index in [0.717, 1.165) is 33.8 Å². The van der Waals surface area contributed by atoms with Crippen molar-refractivity contribution in [3.8, 4) is 0 Å². The topological polar surface area (TPSA) is 35.6 Å². The fourth-order valence-corrected chi connectivity index (χ4v) is 3.37. The number of anilines is 1. The minimum Gasteiger partial charge on any atom is -0.368 e. The monoisotopic (exact) mass is 407 g/mol. The number of amides is 2. The lowest BCUT2D eigenvalue weighted by Crippen LogP contribution is -2.51. The summed E-state index contributed by atoms with van der Waals surface area (Å²) in [7, 11) is 0. The summed E-state index contributed by atoms with van der Waals surface area (Å²) < 4.78 is 1.01. The predicted molar refractivity (Wildman–Crippen MR) is 102 cm³/mol. The molecular weight excluding hydrogens is 390 g/mol. The van der Waals surface area contributed by atoms with Crippen molar-refractivity contribution in [3.63, 3.8) is 0 Å². The van der Waals surface area contributed by atoms with Crippen LogP contribution in [0.4, 0.5) is 10.5 Å². The molecule has 2 aromatic rings. The van der Waals surface area contributed by atoms with E-state index in [1.54, 1.807) is 0 Å². The van der Waals surface area contributed by atoms with Crippen molar-refractivity contribution < 1.29 is 4.79 Å². The highest BCUT2D eigenvalue weighted by atomic mass is 79.9. The molecule has 0 spiro atoms. The molecule has 1 aliphatic heterocycles. The number of nitrogens with zero attached hydrogens (tertiary/aromatic N) is 2. The number of halogens is 2. The summed E-state index contributed by atoms with van der Waals surface area (Å²) in [4.78, 5) is 16.5. The molecule has 1 aliphatic rings. The molecule has 0 unspecified atom stereocenters. The number of nitrogens with one attached hydrogen (secondary N) is 1. The summed E-state index contributed by atoms with van der Waals surface area (Å²) in [5.74, 6) is 0. The highest BCUT2D eigenvalue weighted by Gasteiger charge is 2.21. The molecule has 1 fully saturated rings. The smallest absolute Gasteiger partial charge is 0.317 e. The average molecular weight is 409 g/mol. The number of hydrogen-bond donors (Lipinski definition) is 1. The zero-order valence-corrected chi connectivity index (χ0v) is 15.6. The van der Waals surface area contributed by atoms with Gasteiger partial charge in [0.1, 0.15) is 0 Å². The standard InChI is InChI=1S/C18H19BrClN3O/c19-17-7-2-1-4-14(17)13-21-18(24)23-10-8-22(9-11-23)16-6-3-5-15(20)12-16/h1-7,12H,8-11,13H2,(H,21,24). The average Bonchev–Trinajstić information content (AvgIpc) is 2.61. The fourth-order valence-electron chi connectivity index (χ4n) is 2.76. The zero-order chi connectivity index (χ0) is 16.9. The Kier molecular flexibility index (Phi) is 5.63. The first-order valence-electron chi connectivity index (χ1n) is 7.90.